The van der Waals surface area contributed by atoms with Gasteiger partial charge in [0.1, 0.15) is 11.6 Å². The fraction of sp³-hybridized carbons (Fsp3) is 0.200. The van der Waals surface area contributed by atoms with E-state index >= 15 is 0 Å². The fourth-order valence-corrected chi connectivity index (χ4v) is 2.72. The van der Waals surface area contributed by atoms with Crippen LogP contribution in [-0.4, -0.2) is 4.92 Å². The summed E-state index contributed by atoms with van der Waals surface area (Å²) < 4.78 is 32.6. The molecule has 114 valence electrons. The van der Waals surface area contributed by atoms with Crippen molar-refractivity contribution in [3.05, 3.63) is 62.1 Å². The highest BCUT2D eigenvalue weighted by Crippen LogP contribution is 2.49. The first kappa shape index (κ1) is 14.9. The third-order valence-corrected chi connectivity index (χ3v) is 3.98. The summed E-state index contributed by atoms with van der Waals surface area (Å²) in [5.74, 6) is -1.16. The first-order chi connectivity index (χ1) is 10.5. The zero-order valence-corrected chi connectivity index (χ0v) is 12.8. The number of non-ortho nitro benzene ring substituents is 1. The Hall–Kier alpha value is -2.02. The number of nitro groups is 1. The fourth-order valence-electron chi connectivity index (χ4n) is 2.18. The van der Waals surface area contributed by atoms with Crippen molar-refractivity contribution < 1.29 is 18.4 Å². The molecule has 1 fully saturated rings. The minimum atomic E-state index is -0.827. The first-order valence-corrected chi connectivity index (χ1v) is 7.35. The van der Waals surface area contributed by atoms with Crippen molar-refractivity contribution in [3.8, 4) is 11.5 Å². The highest BCUT2D eigenvalue weighted by molar-refractivity contribution is 9.10. The Morgan fingerprint density at radius 3 is 2.55 bits per heavy atom. The van der Waals surface area contributed by atoms with Crippen LogP contribution in [0.15, 0.2) is 34.8 Å². The van der Waals surface area contributed by atoms with E-state index in [1.54, 1.807) is 0 Å². The molecule has 2 aromatic carbocycles. The maximum Gasteiger partial charge on any atom is 0.271 e. The molecule has 7 heteroatoms. The molecule has 0 amide bonds. The molecule has 22 heavy (non-hydrogen) atoms. The lowest BCUT2D eigenvalue weighted by atomic mass is 10.1. The van der Waals surface area contributed by atoms with Crippen LogP contribution < -0.4 is 4.74 Å². The Labute approximate surface area is 133 Å². The second kappa shape index (κ2) is 5.64. The lowest BCUT2D eigenvalue weighted by Crippen LogP contribution is -1.97. The topological polar surface area (TPSA) is 52.4 Å². The van der Waals surface area contributed by atoms with Crippen LogP contribution in [0.1, 0.15) is 24.3 Å². The summed E-state index contributed by atoms with van der Waals surface area (Å²) in [6.07, 6.45) is 1.80. The van der Waals surface area contributed by atoms with Crippen molar-refractivity contribution in [1.29, 1.82) is 0 Å². The molecule has 1 aliphatic rings. The van der Waals surface area contributed by atoms with Crippen molar-refractivity contribution >= 4 is 21.6 Å². The van der Waals surface area contributed by atoms with E-state index in [9.17, 15) is 18.9 Å². The minimum Gasteiger partial charge on any atom is -0.453 e. The molecule has 1 aliphatic carbocycles. The highest BCUT2D eigenvalue weighted by Gasteiger charge is 2.31. The molecule has 0 heterocycles. The van der Waals surface area contributed by atoms with E-state index in [0.717, 1.165) is 25.0 Å². The second-order valence-electron chi connectivity index (χ2n) is 5.05. The molecule has 0 saturated heterocycles. The van der Waals surface area contributed by atoms with Crippen LogP contribution in [0, 0.1) is 21.7 Å². The molecule has 0 atom stereocenters. The van der Waals surface area contributed by atoms with Gasteiger partial charge in [-0.2, -0.15) is 0 Å². The molecule has 0 unspecified atom stereocenters. The summed E-state index contributed by atoms with van der Waals surface area (Å²) in [6.45, 7) is 0. The van der Waals surface area contributed by atoms with E-state index in [0.29, 0.717) is 15.8 Å². The average molecular weight is 370 g/mol. The smallest absolute Gasteiger partial charge is 0.271 e. The van der Waals surface area contributed by atoms with E-state index in [1.807, 2.05) is 0 Å². The molecule has 0 N–H and O–H groups in total. The van der Waals surface area contributed by atoms with Crippen molar-refractivity contribution in [2.24, 2.45) is 0 Å². The molecule has 0 aliphatic heterocycles. The summed E-state index contributed by atoms with van der Waals surface area (Å²) in [4.78, 5) is 10.5. The second-order valence-corrected chi connectivity index (χ2v) is 5.91. The van der Waals surface area contributed by atoms with Crippen molar-refractivity contribution in [1.82, 2.24) is 0 Å². The number of hydrogen-bond donors (Lipinski definition) is 0. The minimum absolute atomic E-state index is 0.0549. The Morgan fingerprint density at radius 2 is 1.95 bits per heavy atom. The van der Waals surface area contributed by atoms with Crippen LogP contribution in [0.2, 0.25) is 0 Å². The highest BCUT2D eigenvalue weighted by atomic mass is 79.9. The maximum atomic E-state index is 13.7. The van der Waals surface area contributed by atoms with E-state index in [-0.39, 0.29) is 17.4 Å². The van der Waals surface area contributed by atoms with Gasteiger partial charge in [0.25, 0.3) is 5.69 Å². The molecule has 3 rings (SSSR count). The zero-order valence-electron chi connectivity index (χ0n) is 11.2. The zero-order chi connectivity index (χ0) is 15.9. The van der Waals surface area contributed by atoms with Gasteiger partial charge >= 0.3 is 0 Å². The molecule has 4 nitrogen and oxygen atoms in total. The molecule has 0 spiro atoms. The van der Waals surface area contributed by atoms with E-state index in [1.165, 1.54) is 18.2 Å². The summed E-state index contributed by atoms with van der Waals surface area (Å²) in [6, 6.07) is 5.76. The predicted octanol–water partition coefficient (Wildman–Crippen LogP) is 5.31. The number of benzene rings is 2. The quantitative estimate of drug-likeness (QED) is 0.542. The van der Waals surface area contributed by atoms with Crippen LogP contribution in [0.3, 0.4) is 0 Å². The van der Waals surface area contributed by atoms with E-state index in [4.69, 9.17) is 4.74 Å². The van der Waals surface area contributed by atoms with Gasteiger partial charge in [-0.25, -0.2) is 8.78 Å². The summed E-state index contributed by atoms with van der Waals surface area (Å²) in [5, 5.41) is 11.0. The number of rotatable bonds is 4. The normalized spacial score (nSPS) is 14.0. The van der Waals surface area contributed by atoms with Crippen LogP contribution in [0.5, 0.6) is 11.5 Å². The average Bonchev–Trinajstić information content (AvgIpc) is 3.27. The Bertz CT molecular complexity index is 763. The SMILES string of the molecule is O=[N+]([O-])c1cc(Br)c(Oc2ccc(F)cc2F)c(C2CC2)c1. The Morgan fingerprint density at radius 1 is 1.23 bits per heavy atom. The van der Waals surface area contributed by atoms with Gasteiger partial charge in [-0.05, 0) is 46.8 Å². The summed E-state index contributed by atoms with van der Waals surface area (Å²) in [5.41, 5.74) is 0.602. The molecule has 2 aromatic rings. The summed E-state index contributed by atoms with van der Waals surface area (Å²) >= 11 is 3.23. The largest absolute Gasteiger partial charge is 0.453 e. The monoisotopic (exact) mass is 369 g/mol. The van der Waals surface area contributed by atoms with Gasteiger partial charge in [0.15, 0.2) is 11.6 Å². The van der Waals surface area contributed by atoms with E-state index in [2.05, 4.69) is 15.9 Å². The Kier molecular flexibility index (Phi) is 3.82. The molecular weight excluding hydrogens is 360 g/mol. The molecule has 1 saturated carbocycles. The Balaban J connectivity index is 2.04. The lowest BCUT2D eigenvalue weighted by molar-refractivity contribution is -0.385. The number of ether oxygens (including phenoxy) is 1. The van der Waals surface area contributed by atoms with Gasteiger partial charge in [0.2, 0.25) is 0 Å². The molecule has 0 radical (unpaired) electrons. The van der Waals surface area contributed by atoms with Gasteiger partial charge in [-0.1, -0.05) is 0 Å². The van der Waals surface area contributed by atoms with Crippen molar-refractivity contribution in [3.63, 3.8) is 0 Å². The summed E-state index contributed by atoms with van der Waals surface area (Å²) in [7, 11) is 0. The lowest BCUT2D eigenvalue weighted by Gasteiger charge is -2.13. The standard InChI is InChI=1S/C15H10BrF2NO3/c16-12-7-10(19(20)21)6-11(8-1-2-8)15(12)22-14-4-3-9(17)5-13(14)18/h3-8H,1-2H2. The maximum absolute atomic E-state index is 13.7. The number of hydrogen-bond acceptors (Lipinski definition) is 3. The van der Waals surface area contributed by atoms with Crippen LogP contribution >= 0.6 is 15.9 Å². The van der Waals surface area contributed by atoms with Crippen LogP contribution in [0.4, 0.5) is 14.5 Å². The van der Waals surface area contributed by atoms with Gasteiger partial charge < -0.3 is 4.74 Å². The number of halogens is 3. The first-order valence-electron chi connectivity index (χ1n) is 6.56. The molecule has 0 aromatic heterocycles. The van der Waals surface area contributed by atoms with Gasteiger partial charge in [-0.15, -0.1) is 0 Å². The van der Waals surface area contributed by atoms with Crippen molar-refractivity contribution in [2.75, 3.05) is 0 Å². The predicted molar refractivity (Wildman–Crippen MR) is 79.2 cm³/mol. The third-order valence-electron chi connectivity index (χ3n) is 3.39. The van der Waals surface area contributed by atoms with Gasteiger partial charge in [-0.3, -0.25) is 10.1 Å². The number of nitrogens with zero attached hydrogens (tertiary/aromatic N) is 1. The van der Waals surface area contributed by atoms with Gasteiger partial charge in [0.05, 0.1) is 9.40 Å². The van der Waals surface area contributed by atoms with Gasteiger partial charge in [0, 0.05) is 23.8 Å². The van der Waals surface area contributed by atoms with Crippen LogP contribution in [-0.2, 0) is 0 Å². The number of nitro benzene ring substituents is 1. The van der Waals surface area contributed by atoms with E-state index < -0.39 is 16.6 Å². The molecule has 0 bridgehead atoms. The third kappa shape index (κ3) is 2.94. The molecular formula is C15H10BrF2NO3. The van der Waals surface area contributed by atoms with Crippen molar-refractivity contribution in [2.45, 2.75) is 18.8 Å². The van der Waals surface area contributed by atoms with Crippen LogP contribution in [0.25, 0.3) is 0 Å².